The van der Waals surface area contributed by atoms with Gasteiger partial charge in [0.25, 0.3) is 0 Å². The van der Waals surface area contributed by atoms with E-state index in [2.05, 4.69) is 26.1 Å². The Kier molecular flexibility index (Phi) is 3.01. The molecular formula is C16H29N. The minimum absolute atomic E-state index is 0.436. The second-order valence-corrected chi connectivity index (χ2v) is 8.29. The van der Waals surface area contributed by atoms with Crippen LogP contribution in [0.2, 0.25) is 0 Å². The molecule has 4 fully saturated rings. The van der Waals surface area contributed by atoms with E-state index in [0.717, 1.165) is 29.6 Å². The Hall–Kier alpha value is -0.0400. The molecule has 0 aliphatic heterocycles. The van der Waals surface area contributed by atoms with Crippen LogP contribution in [0, 0.1) is 35.0 Å². The van der Waals surface area contributed by atoms with Crippen LogP contribution in [-0.2, 0) is 0 Å². The van der Waals surface area contributed by atoms with Crippen LogP contribution in [0.1, 0.15) is 52.9 Å². The molecule has 0 unspecified atom stereocenters. The molecule has 4 aliphatic carbocycles. The fraction of sp³-hybridized carbons (Fsp3) is 1.00. The van der Waals surface area contributed by atoms with Crippen molar-refractivity contribution in [2.24, 2.45) is 35.0 Å². The lowest BCUT2D eigenvalue weighted by Crippen LogP contribution is -2.49. The lowest BCUT2D eigenvalue weighted by atomic mass is 9.52. The van der Waals surface area contributed by atoms with Crippen molar-refractivity contribution < 1.29 is 0 Å². The normalized spacial score (nSPS) is 44.3. The Balaban J connectivity index is 1.54. The molecule has 4 rings (SSSR count). The molecule has 98 valence electrons. The SMILES string of the molecule is CC(C)(C)CNCC1C2CC3CC(C2)CC1C3. The molecule has 0 heterocycles. The monoisotopic (exact) mass is 235 g/mol. The zero-order chi connectivity index (χ0) is 12.0. The number of rotatable bonds is 3. The van der Waals surface area contributed by atoms with Crippen LogP contribution < -0.4 is 5.32 Å². The average Bonchev–Trinajstić information content (AvgIpc) is 2.19. The van der Waals surface area contributed by atoms with Gasteiger partial charge in [-0.05, 0) is 80.2 Å². The molecule has 1 N–H and O–H groups in total. The molecule has 4 saturated carbocycles. The second-order valence-electron chi connectivity index (χ2n) is 8.29. The summed E-state index contributed by atoms with van der Waals surface area (Å²) in [7, 11) is 0. The predicted octanol–water partition coefficient (Wildman–Crippen LogP) is 3.69. The standard InChI is InChI=1S/C16H29N/c1-16(2,3)10-17-9-15-13-5-11-4-12(7-13)8-14(15)6-11/h11-15,17H,4-10H2,1-3H3. The Bertz CT molecular complexity index is 248. The third-order valence-corrected chi connectivity index (χ3v) is 5.46. The minimum atomic E-state index is 0.436. The Morgan fingerprint density at radius 3 is 1.88 bits per heavy atom. The molecular weight excluding hydrogens is 206 g/mol. The number of hydrogen-bond donors (Lipinski definition) is 1. The van der Waals surface area contributed by atoms with Crippen molar-refractivity contribution in [1.82, 2.24) is 5.32 Å². The van der Waals surface area contributed by atoms with Gasteiger partial charge in [-0.3, -0.25) is 0 Å². The highest BCUT2D eigenvalue weighted by atomic mass is 14.9. The van der Waals surface area contributed by atoms with E-state index in [-0.39, 0.29) is 0 Å². The molecule has 0 spiro atoms. The lowest BCUT2D eigenvalue weighted by molar-refractivity contribution is -0.0359. The Morgan fingerprint density at radius 1 is 0.882 bits per heavy atom. The first-order valence-corrected chi connectivity index (χ1v) is 7.72. The molecule has 1 heteroatoms. The van der Waals surface area contributed by atoms with Gasteiger partial charge < -0.3 is 5.32 Å². The van der Waals surface area contributed by atoms with E-state index in [9.17, 15) is 0 Å². The lowest BCUT2D eigenvalue weighted by Gasteiger charge is -2.54. The molecule has 1 nitrogen and oxygen atoms in total. The fourth-order valence-corrected chi connectivity index (χ4v) is 4.99. The van der Waals surface area contributed by atoms with Crippen molar-refractivity contribution in [1.29, 1.82) is 0 Å². The van der Waals surface area contributed by atoms with E-state index >= 15 is 0 Å². The Labute approximate surface area is 107 Å². The molecule has 17 heavy (non-hydrogen) atoms. The van der Waals surface area contributed by atoms with Gasteiger partial charge in [0.2, 0.25) is 0 Å². The maximum absolute atomic E-state index is 3.75. The number of nitrogens with one attached hydrogen (secondary N) is 1. The predicted molar refractivity (Wildman–Crippen MR) is 72.9 cm³/mol. The van der Waals surface area contributed by atoms with Gasteiger partial charge in [0, 0.05) is 0 Å². The van der Waals surface area contributed by atoms with Crippen LogP contribution >= 0.6 is 0 Å². The summed E-state index contributed by atoms with van der Waals surface area (Å²) in [6.07, 6.45) is 7.84. The first-order chi connectivity index (χ1) is 8.01. The van der Waals surface area contributed by atoms with E-state index in [1.807, 2.05) is 0 Å². The fourth-order valence-electron chi connectivity index (χ4n) is 4.99. The molecule has 0 amide bonds. The van der Waals surface area contributed by atoms with E-state index in [4.69, 9.17) is 0 Å². The third-order valence-electron chi connectivity index (χ3n) is 5.46. The summed E-state index contributed by atoms with van der Waals surface area (Å²) in [5, 5.41) is 3.75. The van der Waals surface area contributed by atoms with Crippen molar-refractivity contribution in [3.63, 3.8) is 0 Å². The second kappa shape index (κ2) is 4.26. The van der Waals surface area contributed by atoms with Crippen LogP contribution in [0.3, 0.4) is 0 Å². The van der Waals surface area contributed by atoms with Gasteiger partial charge in [-0.15, -0.1) is 0 Å². The van der Waals surface area contributed by atoms with Gasteiger partial charge in [0.1, 0.15) is 0 Å². The van der Waals surface area contributed by atoms with Crippen LogP contribution in [-0.4, -0.2) is 13.1 Å². The topological polar surface area (TPSA) is 12.0 Å². The summed E-state index contributed by atoms with van der Waals surface area (Å²) in [6, 6.07) is 0. The van der Waals surface area contributed by atoms with Crippen LogP contribution in [0.5, 0.6) is 0 Å². The van der Waals surface area contributed by atoms with Gasteiger partial charge in [0.15, 0.2) is 0 Å². The van der Waals surface area contributed by atoms with Crippen LogP contribution in [0.15, 0.2) is 0 Å². The van der Waals surface area contributed by atoms with Crippen molar-refractivity contribution >= 4 is 0 Å². The largest absolute Gasteiger partial charge is 0.316 e. The van der Waals surface area contributed by atoms with Gasteiger partial charge in [0.05, 0.1) is 0 Å². The van der Waals surface area contributed by atoms with Crippen molar-refractivity contribution in [3.8, 4) is 0 Å². The van der Waals surface area contributed by atoms with E-state index in [0.29, 0.717) is 5.41 Å². The summed E-state index contributed by atoms with van der Waals surface area (Å²) in [6.45, 7) is 9.46. The summed E-state index contributed by atoms with van der Waals surface area (Å²) in [5.41, 5.74) is 0.436. The molecule has 0 atom stereocenters. The Morgan fingerprint density at radius 2 is 1.41 bits per heavy atom. The van der Waals surface area contributed by atoms with Gasteiger partial charge in [-0.1, -0.05) is 20.8 Å². The maximum Gasteiger partial charge on any atom is -0.000000545 e. The van der Waals surface area contributed by atoms with Gasteiger partial charge >= 0.3 is 0 Å². The zero-order valence-corrected chi connectivity index (χ0v) is 11.8. The highest BCUT2D eigenvalue weighted by Gasteiger charge is 2.47. The zero-order valence-electron chi connectivity index (χ0n) is 11.8. The first-order valence-electron chi connectivity index (χ1n) is 7.72. The maximum atomic E-state index is 3.75. The van der Waals surface area contributed by atoms with Crippen LogP contribution in [0.25, 0.3) is 0 Å². The van der Waals surface area contributed by atoms with Gasteiger partial charge in [-0.25, -0.2) is 0 Å². The van der Waals surface area contributed by atoms with Gasteiger partial charge in [-0.2, -0.15) is 0 Å². The van der Waals surface area contributed by atoms with Crippen molar-refractivity contribution in [2.75, 3.05) is 13.1 Å². The van der Waals surface area contributed by atoms with Crippen molar-refractivity contribution in [3.05, 3.63) is 0 Å². The highest BCUT2D eigenvalue weighted by Crippen LogP contribution is 2.56. The molecule has 0 aromatic heterocycles. The molecule has 4 bridgehead atoms. The van der Waals surface area contributed by atoms with E-state index < -0.39 is 0 Å². The summed E-state index contributed by atoms with van der Waals surface area (Å²) >= 11 is 0. The summed E-state index contributed by atoms with van der Waals surface area (Å²) in [4.78, 5) is 0. The third kappa shape index (κ3) is 2.54. The number of hydrogen-bond acceptors (Lipinski definition) is 1. The van der Waals surface area contributed by atoms with E-state index in [1.165, 1.54) is 13.1 Å². The summed E-state index contributed by atoms with van der Waals surface area (Å²) < 4.78 is 0. The van der Waals surface area contributed by atoms with E-state index in [1.54, 1.807) is 32.1 Å². The highest BCUT2D eigenvalue weighted by molar-refractivity contribution is 4.98. The smallest absolute Gasteiger partial charge is 0.000000545 e. The van der Waals surface area contributed by atoms with Crippen molar-refractivity contribution in [2.45, 2.75) is 52.9 Å². The average molecular weight is 235 g/mol. The molecule has 0 radical (unpaired) electrons. The first kappa shape index (κ1) is 12.0. The minimum Gasteiger partial charge on any atom is -0.316 e. The molecule has 0 saturated heterocycles. The van der Waals surface area contributed by atoms with Crippen LogP contribution in [0.4, 0.5) is 0 Å². The summed E-state index contributed by atoms with van der Waals surface area (Å²) in [5.74, 6) is 5.43. The molecule has 4 aliphatic rings. The molecule has 0 aromatic rings. The quantitative estimate of drug-likeness (QED) is 0.786. The molecule has 0 aromatic carbocycles.